The van der Waals surface area contributed by atoms with Gasteiger partial charge in [0.2, 0.25) is 0 Å². The number of hydrogen-bond donors (Lipinski definition) is 0. The van der Waals surface area contributed by atoms with Gasteiger partial charge in [0.1, 0.15) is 5.76 Å². The zero-order chi connectivity index (χ0) is 11.5. The lowest BCUT2D eigenvalue weighted by Crippen LogP contribution is -2.36. The number of amides is 1. The van der Waals surface area contributed by atoms with Gasteiger partial charge in [-0.1, -0.05) is 6.92 Å². The molecule has 2 heterocycles. The van der Waals surface area contributed by atoms with Gasteiger partial charge in [0.25, 0.3) is 5.91 Å². The van der Waals surface area contributed by atoms with Gasteiger partial charge in [0, 0.05) is 24.9 Å². The quantitative estimate of drug-likeness (QED) is 0.763. The number of hydrogen-bond acceptors (Lipinski definition) is 2. The van der Waals surface area contributed by atoms with Crippen LogP contribution in [-0.4, -0.2) is 29.3 Å². The topological polar surface area (TPSA) is 33.5 Å². The van der Waals surface area contributed by atoms with Crippen molar-refractivity contribution < 1.29 is 9.21 Å². The highest BCUT2D eigenvalue weighted by Crippen LogP contribution is 2.23. The van der Waals surface area contributed by atoms with Crippen LogP contribution in [0.3, 0.4) is 0 Å². The van der Waals surface area contributed by atoms with Crippen LogP contribution in [0.2, 0.25) is 0 Å². The van der Waals surface area contributed by atoms with Gasteiger partial charge in [-0.15, -0.1) is 11.6 Å². The van der Waals surface area contributed by atoms with E-state index in [1.165, 1.54) is 0 Å². The average Bonchev–Trinajstić information content (AvgIpc) is 2.96. The van der Waals surface area contributed by atoms with Gasteiger partial charge in [-0.25, -0.2) is 0 Å². The number of aryl methyl sites for hydroxylation is 1. The second kappa shape index (κ2) is 4.91. The molecule has 1 aliphatic heterocycles. The minimum Gasteiger partial charge on any atom is -0.469 e. The number of halogens is 1. The molecule has 0 spiro atoms. The molecule has 1 aromatic heterocycles. The molecule has 0 N–H and O–H groups in total. The maximum absolute atomic E-state index is 12.3. The minimum absolute atomic E-state index is 0.0637. The fourth-order valence-electron chi connectivity index (χ4n) is 2.22. The first-order valence-electron chi connectivity index (χ1n) is 5.71. The second-order valence-corrected chi connectivity index (χ2v) is 4.37. The third-order valence-electron chi connectivity index (χ3n) is 3.11. The lowest BCUT2D eigenvalue weighted by Gasteiger charge is -2.22. The van der Waals surface area contributed by atoms with Crippen LogP contribution in [0.4, 0.5) is 0 Å². The molecule has 1 aliphatic rings. The van der Waals surface area contributed by atoms with E-state index in [1.54, 1.807) is 12.3 Å². The molecule has 1 atom stereocenters. The summed E-state index contributed by atoms with van der Waals surface area (Å²) in [5.41, 5.74) is 0.694. The third-order valence-corrected chi connectivity index (χ3v) is 3.47. The summed E-state index contributed by atoms with van der Waals surface area (Å²) in [6, 6.07) is 1.94. The van der Waals surface area contributed by atoms with Crippen LogP contribution in [0, 0.1) is 0 Å². The van der Waals surface area contributed by atoms with E-state index in [-0.39, 0.29) is 11.9 Å². The molecule has 0 bridgehead atoms. The highest BCUT2D eigenvalue weighted by molar-refractivity contribution is 6.18. The first kappa shape index (κ1) is 11.5. The maximum atomic E-state index is 12.3. The fourth-order valence-corrected chi connectivity index (χ4v) is 2.54. The molecule has 4 heteroatoms. The SMILES string of the molecule is CCc1occc1C(=O)N1CCCC1CCl. The number of rotatable bonds is 3. The van der Waals surface area contributed by atoms with E-state index in [1.807, 2.05) is 11.8 Å². The summed E-state index contributed by atoms with van der Waals surface area (Å²) >= 11 is 5.86. The van der Waals surface area contributed by atoms with E-state index in [9.17, 15) is 4.79 Å². The number of furan rings is 1. The number of nitrogens with zero attached hydrogens (tertiary/aromatic N) is 1. The van der Waals surface area contributed by atoms with Gasteiger partial charge in [-0.2, -0.15) is 0 Å². The molecule has 1 unspecified atom stereocenters. The van der Waals surface area contributed by atoms with Crippen LogP contribution >= 0.6 is 11.6 Å². The first-order chi connectivity index (χ1) is 7.77. The average molecular weight is 242 g/mol. The molecule has 0 saturated carbocycles. The molecule has 2 rings (SSSR count). The largest absolute Gasteiger partial charge is 0.469 e. The molecule has 0 radical (unpaired) electrons. The summed E-state index contributed by atoms with van der Waals surface area (Å²) in [5.74, 6) is 1.35. The fraction of sp³-hybridized carbons (Fsp3) is 0.583. The number of likely N-dealkylation sites (tertiary alicyclic amines) is 1. The van der Waals surface area contributed by atoms with Crippen LogP contribution in [0.25, 0.3) is 0 Å². The summed E-state index contributed by atoms with van der Waals surface area (Å²) in [7, 11) is 0. The maximum Gasteiger partial charge on any atom is 0.257 e. The molecule has 16 heavy (non-hydrogen) atoms. The summed E-state index contributed by atoms with van der Waals surface area (Å²) in [4.78, 5) is 14.1. The van der Waals surface area contributed by atoms with Gasteiger partial charge in [0.15, 0.2) is 0 Å². The molecular formula is C12H16ClNO2. The van der Waals surface area contributed by atoms with Crippen molar-refractivity contribution in [1.29, 1.82) is 0 Å². The highest BCUT2D eigenvalue weighted by Gasteiger charge is 2.30. The predicted molar refractivity (Wildman–Crippen MR) is 62.9 cm³/mol. The Balaban J connectivity index is 2.18. The molecule has 1 saturated heterocycles. The second-order valence-electron chi connectivity index (χ2n) is 4.06. The Morgan fingerprint density at radius 1 is 1.69 bits per heavy atom. The summed E-state index contributed by atoms with van der Waals surface area (Å²) in [5, 5.41) is 0. The van der Waals surface area contributed by atoms with Crippen LogP contribution in [0.5, 0.6) is 0 Å². The van der Waals surface area contributed by atoms with Crippen molar-refractivity contribution in [3.63, 3.8) is 0 Å². The molecule has 1 aromatic rings. The Labute approximate surface area is 100 Å². The zero-order valence-corrected chi connectivity index (χ0v) is 10.2. The molecular weight excluding hydrogens is 226 g/mol. The first-order valence-corrected chi connectivity index (χ1v) is 6.24. The minimum atomic E-state index is 0.0637. The Morgan fingerprint density at radius 2 is 2.50 bits per heavy atom. The van der Waals surface area contributed by atoms with E-state index in [0.29, 0.717) is 11.4 Å². The highest BCUT2D eigenvalue weighted by atomic mass is 35.5. The van der Waals surface area contributed by atoms with E-state index in [4.69, 9.17) is 16.0 Å². The number of carbonyl (C=O) groups excluding carboxylic acids is 1. The third kappa shape index (κ3) is 1.96. The van der Waals surface area contributed by atoms with Gasteiger partial charge >= 0.3 is 0 Å². The summed E-state index contributed by atoms with van der Waals surface area (Å²) < 4.78 is 5.28. The summed E-state index contributed by atoms with van der Waals surface area (Å²) in [6.45, 7) is 2.79. The molecule has 1 fully saturated rings. The zero-order valence-electron chi connectivity index (χ0n) is 9.41. The Hall–Kier alpha value is -0.960. The van der Waals surface area contributed by atoms with Crippen LogP contribution in [-0.2, 0) is 6.42 Å². The van der Waals surface area contributed by atoms with Crippen molar-refractivity contribution in [3.8, 4) is 0 Å². The van der Waals surface area contributed by atoms with E-state index >= 15 is 0 Å². The molecule has 0 aromatic carbocycles. The van der Waals surface area contributed by atoms with Crippen LogP contribution < -0.4 is 0 Å². The Morgan fingerprint density at radius 3 is 3.19 bits per heavy atom. The van der Waals surface area contributed by atoms with Crippen molar-refractivity contribution in [3.05, 3.63) is 23.7 Å². The Kier molecular flexibility index (Phi) is 3.54. The van der Waals surface area contributed by atoms with Crippen LogP contribution in [0.1, 0.15) is 35.9 Å². The molecule has 88 valence electrons. The van der Waals surface area contributed by atoms with Crippen molar-refractivity contribution in [2.75, 3.05) is 12.4 Å². The number of alkyl halides is 1. The van der Waals surface area contributed by atoms with Crippen LogP contribution in [0.15, 0.2) is 16.7 Å². The van der Waals surface area contributed by atoms with Gasteiger partial charge in [-0.05, 0) is 18.9 Å². The monoisotopic (exact) mass is 241 g/mol. The lowest BCUT2D eigenvalue weighted by molar-refractivity contribution is 0.0747. The van der Waals surface area contributed by atoms with Crippen molar-refractivity contribution in [1.82, 2.24) is 4.90 Å². The predicted octanol–water partition coefficient (Wildman–Crippen LogP) is 2.69. The van der Waals surface area contributed by atoms with E-state index in [0.717, 1.165) is 31.6 Å². The van der Waals surface area contributed by atoms with Crippen molar-refractivity contribution in [2.45, 2.75) is 32.2 Å². The van der Waals surface area contributed by atoms with Crippen molar-refractivity contribution in [2.24, 2.45) is 0 Å². The molecule has 1 amide bonds. The summed E-state index contributed by atoms with van der Waals surface area (Å²) in [6.07, 6.45) is 4.38. The van der Waals surface area contributed by atoms with Gasteiger partial charge in [-0.3, -0.25) is 4.79 Å². The lowest BCUT2D eigenvalue weighted by atomic mass is 10.1. The van der Waals surface area contributed by atoms with E-state index < -0.39 is 0 Å². The molecule has 3 nitrogen and oxygen atoms in total. The van der Waals surface area contributed by atoms with Gasteiger partial charge in [0.05, 0.1) is 11.8 Å². The molecule has 0 aliphatic carbocycles. The normalized spacial score (nSPS) is 20.4. The van der Waals surface area contributed by atoms with Crippen molar-refractivity contribution >= 4 is 17.5 Å². The number of carbonyl (C=O) groups is 1. The van der Waals surface area contributed by atoms with Gasteiger partial charge < -0.3 is 9.32 Å². The Bertz CT molecular complexity index is 375. The standard InChI is InChI=1S/C12H16ClNO2/c1-2-11-10(5-7-16-11)12(15)14-6-3-4-9(14)8-13/h5,7,9H,2-4,6,8H2,1H3. The smallest absolute Gasteiger partial charge is 0.257 e. The van der Waals surface area contributed by atoms with E-state index in [2.05, 4.69) is 0 Å².